The normalized spacial score (nSPS) is 20.2. The molecule has 2 atom stereocenters. The van der Waals surface area contributed by atoms with Gasteiger partial charge in [-0.05, 0) is 47.0 Å². The van der Waals surface area contributed by atoms with Crippen LogP contribution in [0, 0.1) is 5.92 Å². The summed E-state index contributed by atoms with van der Waals surface area (Å²) in [4.78, 5) is 0. The first-order valence-electron chi connectivity index (χ1n) is 11.4. The van der Waals surface area contributed by atoms with Crippen molar-refractivity contribution in [3.63, 3.8) is 0 Å². The molecule has 0 amide bonds. The maximum absolute atomic E-state index is 6.23. The van der Waals surface area contributed by atoms with E-state index in [2.05, 4.69) is 75.7 Å². The van der Waals surface area contributed by atoms with Crippen LogP contribution in [0.15, 0.2) is 63.9 Å². The Labute approximate surface area is 214 Å². The highest BCUT2D eigenvalue weighted by molar-refractivity contribution is 14.1. The lowest BCUT2D eigenvalue weighted by atomic mass is 9.65. The number of halogens is 1. The van der Waals surface area contributed by atoms with Gasteiger partial charge in [-0.2, -0.15) is 3.21 Å². The van der Waals surface area contributed by atoms with Crippen LogP contribution in [-0.4, -0.2) is 26.6 Å². The molecule has 2 aliphatic heterocycles. The van der Waals surface area contributed by atoms with E-state index >= 15 is 0 Å². The molecule has 0 aliphatic carbocycles. The molecule has 176 valence electrons. The van der Waals surface area contributed by atoms with E-state index in [0.717, 1.165) is 39.7 Å². The summed E-state index contributed by atoms with van der Waals surface area (Å²) in [7, 11) is 3.56. The average Bonchev–Trinajstić information content (AvgIpc) is 2.86. The van der Waals surface area contributed by atoms with Crippen LogP contribution in [0.1, 0.15) is 36.6 Å². The van der Waals surface area contributed by atoms with Crippen LogP contribution in [0.2, 0.25) is 0 Å². The number of hydrogen-bond donors (Lipinski definition) is 3. The zero-order valence-electron chi connectivity index (χ0n) is 19.8. The second-order valence-electron chi connectivity index (χ2n) is 9.28. The van der Waals surface area contributed by atoms with Crippen LogP contribution in [0.5, 0.6) is 11.5 Å². The number of ether oxygens (including phenoxy) is 2. The van der Waals surface area contributed by atoms with Gasteiger partial charge in [0.25, 0.3) is 0 Å². The summed E-state index contributed by atoms with van der Waals surface area (Å²) in [5.74, 6) is 2.83. The van der Waals surface area contributed by atoms with Crippen LogP contribution >= 0.6 is 22.9 Å². The molecule has 3 aromatic carbocycles. The van der Waals surface area contributed by atoms with E-state index in [0.29, 0.717) is 6.61 Å². The topological polar surface area (TPSA) is 66.9 Å². The fraction of sp³-hybridized carbons (Fsp3) is 0.296. The molecule has 3 aromatic rings. The van der Waals surface area contributed by atoms with Crippen molar-refractivity contribution in [1.82, 2.24) is 10.9 Å². The number of methoxy groups -OCH3 is 1. The third-order valence-corrected chi connectivity index (χ3v) is 7.61. The third-order valence-electron chi connectivity index (χ3n) is 7.13. The number of fused-ring (bicyclic) bond motifs is 4. The number of nitrogens with zero attached hydrogens (tertiary/aromatic N) is 1. The van der Waals surface area contributed by atoms with E-state index < -0.39 is 0 Å². The summed E-state index contributed by atoms with van der Waals surface area (Å²) in [6.45, 7) is 5.31. The summed E-state index contributed by atoms with van der Waals surface area (Å²) in [5.41, 5.74) is 12.9. The summed E-state index contributed by atoms with van der Waals surface area (Å²) < 4.78 is 16.3. The number of hydrogen-bond acceptors (Lipinski definition) is 5. The van der Waals surface area contributed by atoms with Crippen molar-refractivity contribution in [2.45, 2.75) is 25.3 Å². The second-order valence-corrected chi connectivity index (χ2v) is 9.76. The first kappa shape index (κ1) is 23.0. The molecule has 0 bridgehead atoms. The van der Waals surface area contributed by atoms with E-state index in [-0.39, 0.29) is 17.4 Å². The van der Waals surface area contributed by atoms with E-state index in [4.69, 9.17) is 9.47 Å². The number of anilines is 1. The largest absolute Gasteiger partial charge is 0.496 e. The molecule has 1 unspecified atom stereocenters. The molecule has 7 heteroatoms. The van der Waals surface area contributed by atoms with Gasteiger partial charge in [-0.1, -0.05) is 44.2 Å². The SMILES string of the molecule is CNN/C(=N\I)c1cccc(-c2ccc3c(c2)C(C)(C)C2COc4cccc(OC)c4[C@H]2N3)c1. The van der Waals surface area contributed by atoms with E-state index in [1.807, 2.05) is 48.1 Å². The Morgan fingerprint density at radius 2 is 1.91 bits per heavy atom. The summed E-state index contributed by atoms with van der Waals surface area (Å²) in [5, 5.41) is 3.82. The number of benzene rings is 3. The lowest BCUT2D eigenvalue weighted by Gasteiger charge is -2.48. The van der Waals surface area contributed by atoms with Crippen LogP contribution in [-0.2, 0) is 5.41 Å². The quantitative estimate of drug-likeness (QED) is 0.165. The highest BCUT2D eigenvalue weighted by Gasteiger charge is 2.47. The van der Waals surface area contributed by atoms with Crippen LogP contribution in [0.4, 0.5) is 5.69 Å². The first-order valence-corrected chi connectivity index (χ1v) is 12.4. The predicted octanol–water partition coefficient (Wildman–Crippen LogP) is 5.64. The number of amidine groups is 1. The van der Waals surface area contributed by atoms with Crippen molar-refractivity contribution in [1.29, 1.82) is 0 Å². The van der Waals surface area contributed by atoms with Crippen molar-refractivity contribution >= 4 is 34.4 Å². The van der Waals surface area contributed by atoms with E-state index in [9.17, 15) is 0 Å². The van der Waals surface area contributed by atoms with Crippen molar-refractivity contribution in [3.05, 3.63) is 77.4 Å². The Morgan fingerprint density at radius 3 is 2.68 bits per heavy atom. The molecular weight excluding hydrogens is 539 g/mol. The van der Waals surface area contributed by atoms with Crippen molar-refractivity contribution < 1.29 is 9.47 Å². The Hall–Kier alpha value is -2.78. The van der Waals surface area contributed by atoms with Gasteiger partial charge in [0, 0.05) is 29.6 Å². The minimum Gasteiger partial charge on any atom is -0.496 e. The minimum atomic E-state index is -0.0973. The molecule has 0 radical (unpaired) electrons. The van der Waals surface area contributed by atoms with Gasteiger partial charge in [-0.3, -0.25) is 0 Å². The molecule has 2 heterocycles. The molecule has 0 saturated heterocycles. The van der Waals surface area contributed by atoms with Gasteiger partial charge in [0.2, 0.25) is 0 Å². The summed E-state index contributed by atoms with van der Waals surface area (Å²) >= 11 is 2.01. The van der Waals surface area contributed by atoms with Crippen LogP contribution in [0.3, 0.4) is 0 Å². The molecule has 6 nitrogen and oxygen atoms in total. The predicted molar refractivity (Wildman–Crippen MR) is 146 cm³/mol. The maximum Gasteiger partial charge on any atom is 0.153 e. The zero-order chi connectivity index (χ0) is 23.9. The van der Waals surface area contributed by atoms with E-state index in [1.54, 1.807) is 7.11 Å². The Morgan fingerprint density at radius 1 is 1.12 bits per heavy atom. The zero-order valence-corrected chi connectivity index (χ0v) is 21.9. The fourth-order valence-corrected chi connectivity index (χ4v) is 5.66. The van der Waals surface area contributed by atoms with Crippen molar-refractivity contribution in [2.24, 2.45) is 9.12 Å². The smallest absolute Gasteiger partial charge is 0.153 e. The van der Waals surface area contributed by atoms with Crippen LogP contribution in [0.25, 0.3) is 11.1 Å². The summed E-state index contributed by atoms with van der Waals surface area (Å²) in [6, 6.07) is 21.3. The fourth-order valence-electron chi connectivity index (χ4n) is 5.27. The van der Waals surface area contributed by atoms with Gasteiger partial charge in [0.05, 0.1) is 48.2 Å². The van der Waals surface area contributed by atoms with Gasteiger partial charge in [0.1, 0.15) is 11.5 Å². The molecule has 3 N–H and O–H groups in total. The van der Waals surface area contributed by atoms with Gasteiger partial charge in [-0.15, -0.1) is 0 Å². The molecule has 0 saturated carbocycles. The lowest BCUT2D eigenvalue weighted by molar-refractivity contribution is 0.133. The minimum absolute atomic E-state index is 0.0973. The van der Waals surface area contributed by atoms with Gasteiger partial charge in [0.15, 0.2) is 5.84 Å². The van der Waals surface area contributed by atoms with Crippen molar-refractivity contribution in [3.8, 4) is 22.6 Å². The van der Waals surface area contributed by atoms with Crippen LogP contribution < -0.4 is 25.6 Å². The lowest BCUT2D eigenvalue weighted by Crippen LogP contribution is -2.46. The first-order chi connectivity index (χ1) is 16.5. The highest BCUT2D eigenvalue weighted by atomic mass is 127. The Bertz CT molecular complexity index is 1240. The van der Waals surface area contributed by atoms with Gasteiger partial charge in [-0.25, -0.2) is 5.43 Å². The van der Waals surface area contributed by atoms with Crippen molar-refractivity contribution in [2.75, 3.05) is 26.1 Å². The molecule has 0 spiro atoms. The molecule has 2 aliphatic rings. The average molecular weight is 568 g/mol. The van der Waals surface area contributed by atoms with Gasteiger partial charge >= 0.3 is 0 Å². The monoisotopic (exact) mass is 568 g/mol. The van der Waals surface area contributed by atoms with E-state index in [1.165, 1.54) is 11.1 Å². The second kappa shape index (κ2) is 9.11. The molecule has 5 rings (SSSR count). The number of hydrazine groups is 1. The number of rotatable bonds is 4. The molecule has 0 fully saturated rings. The Balaban J connectivity index is 1.55. The summed E-state index contributed by atoms with van der Waals surface area (Å²) in [6.07, 6.45) is 0. The standard InChI is InChI=1S/C27H29IN4O2/c1-27(2)19-14-17(16-7-5-8-18(13-16)26(31-28)32-29-3)11-12-21(19)30-25-20(27)15-34-23-10-6-9-22(33-4)24(23)25/h5-14,20,25,29-30H,15H2,1-4H3,(H,31,32)/t20?,25-/m0/s1. The number of nitrogens with one attached hydrogen (secondary N) is 3. The Kier molecular flexibility index (Phi) is 6.16. The molecule has 34 heavy (non-hydrogen) atoms. The maximum atomic E-state index is 6.23. The van der Waals surface area contributed by atoms with Gasteiger partial charge < -0.3 is 20.2 Å². The molecular formula is C27H29IN4O2. The third kappa shape index (κ3) is 3.80. The molecule has 0 aromatic heterocycles. The highest BCUT2D eigenvalue weighted by Crippen LogP contribution is 2.54.